The highest BCUT2D eigenvalue weighted by Gasteiger charge is 2.36. The van der Waals surface area contributed by atoms with E-state index >= 15 is 0 Å². The van der Waals surface area contributed by atoms with Crippen LogP contribution in [-0.2, 0) is 12.8 Å². The van der Waals surface area contributed by atoms with Crippen LogP contribution in [-0.4, -0.2) is 32.4 Å². The van der Waals surface area contributed by atoms with E-state index in [0.29, 0.717) is 33.4 Å². The third-order valence-corrected chi connectivity index (χ3v) is 9.48. The molecule has 1 fully saturated rings. The van der Waals surface area contributed by atoms with Gasteiger partial charge >= 0.3 is 0 Å². The van der Waals surface area contributed by atoms with Gasteiger partial charge in [-0.3, -0.25) is 14.2 Å². The van der Waals surface area contributed by atoms with Crippen LogP contribution in [0, 0.1) is 0 Å². The number of hydrogen-bond donors (Lipinski definition) is 0. The smallest absolute Gasteiger partial charge is 0.265 e. The first-order chi connectivity index (χ1) is 20.6. The molecule has 2 aromatic carbocycles. The largest absolute Gasteiger partial charge is 0.333 e. The van der Waals surface area contributed by atoms with Crippen LogP contribution in [0.2, 0.25) is 5.02 Å². The number of likely N-dealkylation sites (tertiary alicyclic amines) is 1. The molecule has 0 radical (unpaired) electrons. The van der Waals surface area contributed by atoms with Gasteiger partial charge in [0.05, 0.1) is 28.2 Å². The Hall–Kier alpha value is -3.48. The summed E-state index contributed by atoms with van der Waals surface area (Å²) in [5.74, 6) is -0.0475. The van der Waals surface area contributed by atoms with Crippen molar-refractivity contribution in [3.05, 3.63) is 97.2 Å². The minimum absolute atomic E-state index is 0.0475. The van der Waals surface area contributed by atoms with Gasteiger partial charge in [0.25, 0.3) is 11.5 Å². The van der Waals surface area contributed by atoms with Gasteiger partial charge in [0.15, 0.2) is 0 Å². The second-order valence-corrected chi connectivity index (χ2v) is 13.4. The maximum atomic E-state index is 14.7. The maximum absolute atomic E-state index is 14.7. The molecule has 5 rings (SSSR count). The summed E-state index contributed by atoms with van der Waals surface area (Å²) in [7, 11) is 0. The molecule has 5 nitrogen and oxygen atoms in total. The molecule has 224 valence electrons. The van der Waals surface area contributed by atoms with Crippen LogP contribution in [0.15, 0.2) is 64.3 Å². The van der Waals surface area contributed by atoms with Gasteiger partial charge in [-0.05, 0) is 95.2 Å². The Labute approximate surface area is 263 Å². The highest BCUT2D eigenvalue weighted by atomic mass is 35.5. The predicted molar refractivity (Wildman–Crippen MR) is 181 cm³/mol. The Morgan fingerprint density at radius 3 is 2.33 bits per heavy atom. The molecule has 0 atom stereocenters. The van der Waals surface area contributed by atoms with Crippen LogP contribution in [0.1, 0.15) is 88.0 Å². The van der Waals surface area contributed by atoms with E-state index in [2.05, 4.69) is 45.9 Å². The molecular weight excluding hydrogens is 574 g/mol. The van der Waals surface area contributed by atoms with E-state index in [1.54, 1.807) is 10.6 Å². The number of rotatable bonds is 7. The van der Waals surface area contributed by atoms with E-state index in [0.717, 1.165) is 65.7 Å². The van der Waals surface area contributed by atoms with Crippen LogP contribution in [0.4, 0.5) is 0 Å². The van der Waals surface area contributed by atoms with Crippen LogP contribution >= 0.6 is 22.9 Å². The lowest BCUT2D eigenvalue weighted by Gasteiger charge is -2.43. The van der Waals surface area contributed by atoms with E-state index < -0.39 is 0 Å². The number of thiazole rings is 1. The van der Waals surface area contributed by atoms with E-state index in [1.165, 1.54) is 11.3 Å². The number of aryl methyl sites for hydroxylation is 2. The summed E-state index contributed by atoms with van der Waals surface area (Å²) < 4.78 is 1.80. The first-order valence-corrected chi connectivity index (χ1v) is 16.4. The topological polar surface area (TPSA) is 55.2 Å². The van der Waals surface area contributed by atoms with Gasteiger partial charge < -0.3 is 4.90 Å². The fourth-order valence-corrected chi connectivity index (χ4v) is 6.99. The highest BCUT2D eigenvalue weighted by Crippen LogP contribution is 2.34. The SMILES string of the molecule is CCc1cccc(CC)c1-n1c(C=C(C)C)c(C(=O)N2CCCCC2(C)C)cc(-c2nc(-c3ccc(Cl)cc3)cs2)c1=O. The predicted octanol–water partition coefficient (Wildman–Crippen LogP) is 9.23. The molecule has 1 aliphatic heterocycles. The number of carbonyl (C=O) groups excluding carboxylic acids is 1. The summed E-state index contributed by atoms with van der Waals surface area (Å²) >= 11 is 7.54. The Morgan fingerprint density at radius 1 is 1.05 bits per heavy atom. The van der Waals surface area contributed by atoms with Crippen molar-refractivity contribution in [1.29, 1.82) is 0 Å². The molecule has 0 saturated carbocycles. The lowest BCUT2D eigenvalue weighted by molar-refractivity contribution is 0.0432. The molecule has 0 N–H and O–H groups in total. The fourth-order valence-electron chi connectivity index (χ4n) is 6.03. The number of piperidine rings is 1. The third-order valence-electron chi connectivity index (χ3n) is 8.35. The standard InChI is InChI=1S/C36H40ClN3O2S/c1-7-24-12-11-13-25(8-2)32(24)40-31(20-23(3)4)28(34(41)39-19-10-9-18-36(39,5)6)21-29(35(40)42)33-38-30(22-43-33)26-14-16-27(37)17-15-26/h11-17,20-22H,7-10,18-19H2,1-6H3. The van der Waals surface area contributed by atoms with Crippen molar-refractivity contribution in [2.24, 2.45) is 0 Å². The molecular formula is C36H40ClN3O2S. The molecule has 1 aliphatic rings. The van der Waals surface area contributed by atoms with E-state index in [9.17, 15) is 9.59 Å². The Kier molecular flexibility index (Phi) is 9.10. The lowest BCUT2D eigenvalue weighted by atomic mass is 9.89. The Bertz CT molecular complexity index is 1720. The first-order valence-electron chi connectivity index (χ1n) is 15.2. The molecule has 1 amide bonds. The molecule has 43 heavy (non-hydrogen) atoms. The lowest BCUT2D eigenvalue weighted by Crippen LogP contribution is -2.51. The number of nitrogens with zero attached hydrogens (tertiary/aromatic N) is 3. The summed E-state index contributed by atoms with van der Waals surface area (Å²) in [5.41, 5.74) is 6.85. The first kappa shape index (κ1) is 31.0. The highest BCUT2D eigenvalue weighted by molar-refractivity contribution is 7.13. The van der Waals surface area contributed by atoms with Gasteiger partial charge in [-0.1, -0.05) is 61.4 Å². The minimum Gasteiger partial charge on any atom is -0.333 e. The number of amides is 1. The number of allylic oxidation sites excluding steroid dienone is 1. The number of pyridine rings is 1. The van der Waals surface area contributed by atoms with Gasteiger partial charge in [-0.25, -0.2) is 4.98 Å². The van der Waals surface area contributed by atoms with Crippen molar-refractivity contribution >= 4 is 34.9 Å². The zero-order valence-corrected chi connectivity index (χ0v) is 27.5. The maximum Gasteiger partial charge on any atom is 0.265 e. The molecule has 7 heteroatoms. The average molecular weight is 614 g/mol. The second-order valence-electron chi connectivity index (χ2n) is 12.1. The minimum atomic E-state index is -0.280. The number of benzene rings is 2. The summed E-state index contributed by atoms with van der Waals surface area (Å²) in [4.78, 5) is 36.3. The van der Waals surface area contributed by atoms with Crippen molar-refractivity contribution in [2.45, 2.75) is 79.2 Å². The zero-order valence-electron chi connectivity index (χ0n) is 26.0. The Balaban J connectivity index is 1.84. The van der Waals surface area contributed by atoms with Crippen molar-refractivity contribution < 1.29 is 4.79 Å². The van der Waals surface area contributed by atoms with Crippen molar-refractivity contribution in [1.82, 2.24) is 14.5 Å². The van der Waals surface area contributed by atoms with E-state index in [4.69, 9.17) is 16.6 Å². The average Bonchev–Trinajstić information content (AvgIpc) is 3.47. The fraction of sp³-hybridized carbons (Fsp3) is 0.361. The number of halogens is 1. The van der Waals surface area contributed by atoms with E-state index in [-0.39, 0.29) is 17.0 Å². The molecule has 1 saturated heterocycles. The normalized spacial score (nSPS) is 14.5. The number of hydrogen-bond acceptors (Lipinski definition) is 4. The number of aromatic nitrogens is 2. The van der Waals surface area contributed by atoms with Gasteiger partial charge in [0, 0.05) is 28.0 Å². The summed E-state index contributed by atoms with van der Waals surface area (Å²) in [6.45, 7) is 13.2. The Morgan fingerprint density at radius 2 is 1.72 bits per heavy atom. The van der Waals surface area contributed by atoms with Crippen LogP contribution in [0.5, 0.6) is 0 Å². The molecule has 0 spiro atoms. The van der Waals surface area contributed by atoms with Crippen LogP contribution in [0.25, 0.3) is 33.6 Å². The van der Waals surface area contributed by atoms with Crippen molar-refractivity contribution in [2.75, 3.05) is 6.54 Å². The summed E-state index contributed by atoms with van der Waals surface area (Å²) in [6.07, 6.45) is 6.51. The monoisotopic (exact) mass is 613 g/mol. The van der Waals surface area contributed by atoms with Crippen molar-refractivity contribution in [3.63, 3.8) is 0 Å². The molecule has 4 aromatic rings. The van der Waals surface area contributed by atoms with Gasteiger partial charge in [-0.15, -0.1) is 11.3 Å². The number of carbonyl (C=O) groups is 1. The summed E-state index contributed by atoms with van der Waals surface area (Å²) in [5, 5.41) is 3.20. The van der Waals surface area contributed by atoms with Gasteiger partial charge in [0.1, 0.15) is 5.01 Å². The zero-order chi connectivity index (χ0) is 30.9. The van der Waals surface area contributed by atoms with Gasteiger partial charge in [0.2, 0.25) is 0 Å². The third kappa shape index (κ3) is 6.13. The summed E-state index contributed by atoms with van der Waals surface area (Å²) in [6, 6.07) is 15.5. The molecule has 0 unspecified atom stereocenters. The molecule has 0 aliphatic carbocycles. The molecule has 0 bridgehead atoms. The van der Waals surface area contributed by atoms with Crippen LogP contribution in [0.3, 0.4) is 0 Å². The quantitative estimate of drug-likeness (QED) is 0.209. The van der Waals surface area contributed by atoms with E-state index in [1.807, 2.05) is 54.5 Å². The second kappa shape index (κ2) is 12.6. The van der Waals surface area contributed by atoms with Gasteiger partial charge in [-0.2, -0.15) is 0 Å². The van der Waals surface area contributed by atoms with Crippen molar-refractivity contribution in [3.8, 4) is 27.5 Å². The molecule has 3 heterocycles. The molecule has 2 aromatic heterocycles. The van der Waals surface area contributed by atoms with Crippen LogP contribution < -0.4 is 5.56 Å². The number of para-hydroxylation sites is 1.